The summed E-state index contributed by atoms with van der Waals surface area (Å²) in [6.45, 7) is 8.37. The van der Waals surface area contributed by atoms with Gasteiger partial charge in [0.2, 0.25) is 0 Å². The van der Waals surface area contributed by atoms with Crippen LogP contribution < -0.4 is 10.6 Å². The van der Waals surface area contributed by atoms with Gasteiger partial charge in [0.05, 0.1) is 0 Å². The van der Waals surface area contributed by atoms with E-state index in [0.29, 0.717) is 5.96 Å². The molecule has 0 aliphatic heterocycles. The Labute approximate surface area is 154 Å². The average molecular weight is 440 g/mol. The molecular weight excluding hydrogens is 413 g/mol. The van der Waals surface area contributed by atoms with Crippen molar-refractivity contribution in [1.82, 2.24) is 15.5 Å². The molecule has 1 rings (SSSR count). The van der Waals surface area contributed by atoms with Gasteiger partial charge >= 0.3 is 0 Å². The van der Waals surface area contributed by atoms with Crippen LogP contribution in [0.4, 0.5) is 8.78 Å². The van der Waals surface area contributed by atoms with Gasteiger partial charge in [-0.1, -0.05) is 13.8 Å². The summed E-state index contributed by atoms with van der Waals surface area (Å²) in [4.78, 5) is 6.42. The van der Waals surface area contributed by atoms with Crippen molar-refractivity contribution >= 4 is 29.9 Å². The smallest absolute Gasteiger partial charge is 0.191 e. The van der Waals surface area contributed by atoms with Crippen LogP contribution in [0.5, 0.6) is 0 Å². The Morgan fingerprint density at radius 3 is 2.48 bits per heavy atom. The molecule has 0 heterocycles. The van der Waals surface area contributed by atoms with Crippen LogP contribution in [0.15, 0.2) is 23.2 Å². The van der Waals surface area contributed by atoms with E-state index in [-0.39, 0.29) is 36.1 Å². The topological polar surface area (TPSA) is 39.7 Å². The first-order valence-corrected chi connectivity index (χ1v) is 7.71. The van der Waals surface area contributed by atoms with Gasteiger partial charge in [-0.2, -0.15) is 0 Å². The van der Waals surface area contributed by atoms with Crippen LogP contribution in [0.3, 0.4) is 0 Å². The number of aliphatic imine (C=N–C) groups is 1. The SMILES string of the molecule is CCN(CC)CCCNC(=NC)NCc1cc(F)ccc1F.I. The molecule has 0 fully saturated rings. The first kappa shape index (κ1) is 22.0. The first-order chi connectivity index (χ1) is 10.6. The predicted molar refractivity (Wildman–Crippen MR) is 102 cm³/mol. The molecule has 23 heavy (non-hydrogen) atoms. The standard InChI is InChI=1S/C16H26F2N4.HI/c1-4-22(5-2)10-6-9-20-16(19-3)21-12-13-11-14(17)7-8-15(13)18;/h7-8,11H,4-6,9-10,12H2,1-3H3,(H2,19,20,21);1H. The van der Waals surface area contributed by atoms with Gasteiger partial charge in [-0.15, -0.1) is 24.0 Å². The van der Waals surface area contributed by atoms with Crippen LogP contribution in [-0.4, -0.2) is 44.1 Å². The van der Waals surface area contributed by atoms with Gasteiger partial charge in [0.1, 0.15) is 11.6 Å². The molecule has 0 saturated carbocycles. The number of rotatable bonds is 8. The van der Waals surface area contributed by atoms with E-state index in [2.05, 4.69) is 34.4 Å². The van der Waals surface area contributed by atoms with Gasteiger partial charge < -0.3 is 15.5 Å². The van der Waals surface area contributed by atoms with E-state index in [1.165, 1.54) is 6.07 Å². The third-order valence-corrected chi connectivity index (χ3v) is 3.52. The summed E-state index contributed by atoms with van der Waals surface area (Å²) < 4.78 is 26.6. The van der Waals surface area contributed by atoms with Gasteiger partial charge in [0, 0.05) is 25.7 Å². The van der Waals surface area contributed by atoms with Crippen LogP contribution in [0.25, 0.3) is 0 Å². The molecule has 0 aromatic heterocycles. The lowest BCUT2D eigenvalue weighted by atomic mass is 10.2. The third-order valence-electron chi connectivity index (χ3n) is 3.52. The molecule has 4 nitrogen and oxygen atoms in total. The highest BCUT2D eigenvalue weighted by molar-refractivity contribution is 14.0. The summed E-state index contributed by atoms with van der Waals surface area (Å²) in [7, 11) is 1.65. The Morgan fingerprint density at radius 1 is 1.17 bits per heavy atom. The molecule has 0 amide bonds. The summed E-state index contributed by atoms with van der Waals surface area (Å²) in [5.74, 6) is -0.283. The van der Waals surface area contributed by atoms with Crippen molar-refractivity contribution in [3.05, 3.63) is 35.4 Å². The maximum atomic E-state index is 13.5. The van der Waals surface area contributed by atoms with Crippen molar-refractivity contribution in [3.63, 3.8) is 0 Å². The lowest BCUT2D eigenvalue weighted by molar-refractivity contribution is 0.300. The van der Waals surface area contributed by atoms with E-state index in [0.717, 1.165) is 44.7 Å². The van der Waals surface area contributed by atoms with Crippen LogP contribution >= 0.6 is 24.0 Å². The number of hydrogen-bond acceptors (Lipinski definition) is 2. The molecule has 0 saturated heterocycles. The van der Waals surface area contributed by atoms with Gasteiger partial charge in [0.15, 0.2) is 5.96 Å². The fourth-order valence-corrected chi connectivity index (χ4v) is 2.13. The van der Waals surface area contributed by atoms with Crippen LogP contribution in [0, 0.1) is 11.6 Å². The Kier molecular flexibility index (Phi) is 11.9. The maximum absolute atomic E-state index is 13.5. The predicted octanol–water partition coefficient (Wildman–Crippen LogP) is 2.98. The number of nitrogens with zero attached hydrogens (tertiary/aromatic N) is 2. The molecule has 0 unspecified atom stereocenters. The van der Waals surface area contributed by atoms with Gasteiger partial charge in [0.25, 0.3) is 0 Å². The van der Waals surface area contributed by atoms with Crippen LogP contribution in [0.1, 0.15) is 25.8 Å². The summed E-state index contributed by atoms with van der Waals surface area (Å²) >= 11 is 0. The van der Waals surface area contributed by atoms with E-state index >= 15 is 0 Å². The van der Waals surface area contributed by atoms with E-state index in [9.17, 15) is 8.78 Å². The van der Waals surface area contributed by atoms with Crippen molar-refractivity contribution in [1.29, 1.82) is 0 Å². The first-order valence-electron chi connectivity index (χ1n) is 7.71. The Hall–Kier alpha value is -0.960. The number of guanidine groups is 1. The van der Waals surface area contributed by atoms with E-state index < -0.39 is 11.6 Å². The van der Waals surface area contributed by atoms with Crippen molar-refractivity contribution < 1.29 is 8.78 Å². The summed E-state index contributed by atoms with van der Waals surface area (Å²) in [5, 5.41) is 6.16. The van der Waals surface area contributed by atoms with Gasteiger partial charge in [-0.25, -0.2) is 8.78 Å². The molecule has 0 spiro atoms. The molecule has 0 radical (unpaired) electrons. The fourth-order valence-electron chi connectivity index (χ4n) is 2.13. The fraction of sp³-hybridized carbons (Fsp3) is 0.562. The minimum absolute atomic E-state index is 0. The van der Waals surface area contributed by atoms with Gasteiger partial charge in [-0.3, -0.25) is 4.99 Å². The van der Waals surface area contributed by atoms with Gasteiger partial charge in [-0.05, 0) is 44.3 Å². The zero-order valence-corrected chi connectivity index (χ0v) is 16.4. The number of benzene rings is 1. The number of hydrogen-bond donors (Lipinski definition) is 2. The Balaban J connectivity index is 0.00000484. The molecule has 7 heteroatoms. The molecule has 1 aromatic rings. The molecule has 0 atom stereocenters. The molecule has 132 valence electrons. The van der Waals surface area contributed by atoms with E-state index in [1.54, 1.807) is 7.05 Å². The van der Waals surface area contributed by atoms with Crippen molar-refractivity contribution in [2.45, 2.75) is 26.8 Å². The normalized spacial score (nSPS) is 11.3. The highest BCUT2D eigenvalue weighted by Gasteiger charge is 2.05. The van der Waals surface area contributed by atoms with Crippen molar-refractivity contribution in [3.8, 4) is 0 Å². The van der Waals surface area contributed by atoms with Crippen molar-refractivity contribution in [2.24, 2.45) is 4.99 Å². The second-order valence-corrected chi connectivity index (χ2v) is 4.97. The molecule has 1 aromatic carbocycles. The highest BCUT2D eigenvalue weighted by atomic mass is 127. The minimum atomic E-state index is -0.444. The molecule has 0 aliphatic rings. The van der Waals surface area contributed by atoms with Crippen molar-refractivity contribution in [2.75, 3.05) is 33.2 Å². The number of nitrogens with one attached hydrogen (secondary N) is 2. The Bertz CT molecular complexity index is 479. The maximum Gasteiger partial charge on any atom is 0.191 e. The molecule has 2 N–H and O–H groups in total. The van der Waals surface area contributed by atoms with Crippen LogP contribution in [0.2, 0.25) is 0 Å². The largest absolute Gasteiger partial charge is 0.356 e. The zero-order chi connectivity index (χ0) is 16.4. The third kappa shape index (κ3) is 8.45. The highest BCUT2D eigenvalue weighted by Crippen LogP contribution is 2.08. The lowest BCUT2D eigenvalue weighted by Crippen LogP contribution is -2.38. The lowest BCUT2D eigenvalue weighted by Gasteiger charge is -2.18. The van der Waals surface area contributed by atoms with E-state index in [4.69, 9.17) is 0 Å². The average Bonchev–Trinajstić information content (AvgIpc) is 2.53. The number of halogens is 3. The second-order valence-electron chi connectivity index (χ2n) is 4.97. The Morgan fingerprint density at radius 2 is 1.87 bits per heavy atom. The van der Waals surface area contributed by atoms with Crippen LogP contribution in [-0.2, 0) is 6.54 Å². The molecule has 0 aliphatic carbocycles. The summed E-state index contributed by atoms with van der Waals surface area (Å²) in [6.07, 6.45) is 0.997. The zero-order valence-electron chi connectivity index (χ0n) is 14.0. The van der Waals surface area contributed by atoms with E-state index in [1.807, 2.05) is 0 Å². The summed E-state index contributed by atoms with van der Waals surface area (Å²) in [5.41, 5.74) is 0.283. The quantitative estimate of drug-likeness (QED) is 0.283. The molecule has 0 bridgehead atoms. The summed E-state index contributed by atoms with van der Waals surface area (Å²) in [6, 6.07) is 3.43. The molecular formula is C16H27F2IN4. The minimum Gasteiger partial charge on any atom is -0.356 e. The second kappa shape index (κ2) is 12.5. The monoisotopic (exact) mass is 440 g/mol.